The third-order valence-corrected chi connectivity index (χ3v) is 6.78. The van der Waals surface area contributed by atoms with Gasteiger partial charge in [-0.2, -0.15) is 20.5 Å². The number of hydrogen-bond donors (Lipinski definition) is 0. The SMILES string of the molecule is O=C(c1ccc2nsnc2c1)N1CCS[C@@H](c2ccc3c(c2)OCO3)CC1. The van der Waals surface area contributed by atoms with Crippen molar-refractivity contribution in [3.05, 3.63) is 47.5 Å². The van der Waals surface area contributed by atoms with Crippen molar-refractivity contribution in [1.29, 1.82) is 0 Å². The molecule has 27 heavy (non-hydrogen) atoms. The van der Waals surface area contributed by atoms with Crippen LogP contribution in [0.2, 0.25) is 0 Å². The molecule has 8 heteroatoms. The van der Waals surface area contributed by atoms with Crippen LogP contribution in [0.15, 0.2) is 36.4 Å². The van der Waals surface area contributed by atoms with Crippen molar-refractivity contribution in [1.82, 2.24) is 13.6 Å². The van der Waals surface area contributed by atoms with E-state index in [0.717, 1.165) is 47.8 Å². The van der Waals surface area contributed by atoms with Crippen molar-refractivity contribution >= 4 is 40.4 Å². The maximum atomic E-state index is 12.9. The lowest BCUT2D eigenvalue weighted by Gasteiger charge is -2.20. The van der Waals surface area contributed by atoms with E-state index in [1.807, 2.05) is 40.9 Å². The number of amides is 1. The second kappa shape index (κ2) is 7.01. The number of fused-ring (bicyclic) bond motifs is 2. The summed E-state index contributed by atoms with van der Waals surface area (Å²) in [5, 5.41) is 0.350. The van der Waals surface area contributed by atoms with E-state index in [1.165, 1.54) is 17.3 Å². The second-order valence-corrected chi connectivity index (χ2v) is 8.36. The van der Waals surface area contributed by atoms with Crippen molar-refractivity contribution in [3.63, 3.8) is 0 Å². The Kier molecular flexibility index (Phi) is 4.37. The highest BCUT2D eigenvalue weighted by atomic mass is 32.2. The average molecular weight is 399 g/mol. The van der Waals surface area contributed by atoms with Crippen LogP contribution in [-0.2, 0) is 0 Å². The number of ether oxygens (including phenoxy) is 2. The van der Waals surface area contributed by atoms with Gasteiger partial charge in [0.2, 0.25) is 6.79 Å². The number of benzene rings is 2. The smallest absolute Gasteiger partial charge is 0.253 e. The molecule has 1 aromatic heterocycles. The number of carbonyl (C=O) groups excluding carboxylic acids is 1. The first-order chi connectivity index (χ1) is 13.3. The van der Waals surface area contributed by atoms with E-state index in [0.29, 0.717) is 10.8 Å². The van der Waals surface area contributed by atoms with Gasteiger partial charge in [0.1, 0.15) is 11.0 Å². The van der Waals surface area contributed by atoms with Crippen LogP contribution in [-0.4, -0.2) is 45.2 Å². The lowest BCUT2D eigenvalue weighted by Crippen LogP contribution is -2.32. The van der Waals surface area contributed by atoms with Crippen molar-refractivity contribution in [3.8, 4) is 11.5 Å². The fourth-order valence-electron chi connectivity index (χ4n) is 3.45. The van der Waals surface area contributed by atoms with Gasteiger partial charge in [0, 0.05) is 29.7 Å². The van der Waals surface area contributed by atoms with Crippen LogP contribution in [0.25, 0.3) is 11.0 Å². The second-order valence-electron chi connectivity index (χ2n) is 6.52. The zero-order valence-electron chi connectivity index (χ0n) is 14.5. The normalized spacial score (nSPS) is 19.3. The number of rotatable bonds is 2. The summed E-state index contributed by atoms with van der Waals surface area (Å²) in [6.07, 6.45) is 0.913. The number of carbonyl (C=O) groups is 1. The molecule has 0 unspecified atom stereocenters. The van der Waals surface area contributed by atoms with Gasteiger partial charge < -0.3 is 14.4 Å². The number of nitrogens with zero attached hydrogens (tertiary/aromatic N) is 3. The van der Waals surface area contributed by atoms with Crippen molar-refractivity contribution < 1.29 is 14.3 Å². The Hall–Kier alpha value is -2.32. The molecular formula is C19H17N3O3S2. The first-order valence-corrected chi connectivity index (χ1v) is 10.6. The third-order valence-electron chi connectivity index (χ3n) is 4.90. The van der Waals surface area contributed by atoms with Crippen molar-refractivity contribution in [2.75, 3.05) is 25.6 Å². The molecule has 3 heterocycles. The maximum absolute atomic E-state index is 12.9. The lowest BCUT2D eigenvalue weighted by molar-refractivity contribution is 0.0766. The Balaban J connectivity index is 1.31. The highest BCUT2D eigenvalue weighted by Gasteiger charge is 2.24. The van der Waals surface area contributed by atoms with Gasteiger partial charge in [0.25, 0.3) is 5.91 Å². The lowest BCUT2D eigenvalue weighted by atomic mass is 10.1. The maximum Gasteiger partial charge on any atom is 0.253 e. The summed E-state index contributed by atoms with van der Waals surface area (Å²) in [6, 6.07) is 11.7. The molecule has 1 amide bonds. The van der Waals surface area contributed by atoms with Gasteiger partial charge in [-0.15, -0.1) is 0 Å². The van der Waals surface area contributed by atoms with E-state index in [2.05, 4.69) is 20.9 Å². The number of hydrogen-bond acceptors (Lipinski definition) is 7. The van der Waals surface area contributed by atoms with Crippen LogP contribution in [0, 0.1) is 0 Å². The molecular weight excluding hydrogens is 382 g/mol. The highest BCUT2D eigenvalue weighted by Crippen LogP contribution is 2.40. The van der Waals surface area contributed by atoms with Crippen molar-refractivity contribution in [2.45, 2.75) is 11.7 Å². The molecule has 2 aromatic carbocycles. The fraction of sp³-hybridized carbons (Fsp3) is 0.316. The largest absolute Gasteiger partial charge is 0.454 e. The Morgan fingerprint density at radius 2 is 1.93 bits per heavy atom. The minimum absolute atomic E-state index is 0.0665. The van der Waals surface area contributed by atoms with E-state index in [-0.39, 0.29) is 12.7 Å². The molecule has 2 aliphatic rings. The minimum Gasteiger partial charge on any atom is -0.454 e. The summed E-state index contributed by atoms with van der Waals surface area (Å²) in [5.41, 5.74) is 3.54. The monoisotopic (exact) mass is 399 g/mol. The Labute approximate surface area is 164 Å². The van der Waals surface area contributed by atoms with Crippen LogP contribution in [0.5, 0.6) is 11.5 Å². The zero-order valence-corrected chi connectivity index (χ0v) is 16.1. The molecule has 3 aromatic rings. The standard InChI is InChI=1S/C19H17N3O3S2/c23-19(13-1-3-14-15(9-13)21-27-20-14)22-6-5-18(26-8-7-22)12-2-4-16-17(10-12)25-11-24-16/h1-4,9-10,18H,5-8,11H2/t18-/m1/s1. The molecule has 1 saturated heterocycles. The molecule has 0 radical (unpaired) electrons. The molecule has 6 nitrogen and oxygen atoms in total. The quantitative estimate of drug-likeness (QED) is 0.654. The highest BCUT2D eigenvalue weighted by molar-refractivity contribution is 7.99. The Morgan fingerprint density at radius 1 is 1.04 bits per heavy atom. The predicted octanol–water partition coefficient (Wildman–Crippen LogP) is 3.74. The van der Waals surface area contributed by atoms with E-state index >= 15 is 0 Å². The average Bonchev–Trinajstić information content (AvgIpc) is 3.29. The summed E-state index contributed by atoms with van der Waals surface area (Å²) >= 11 is 3.06. The first-order valence-electron chi connectivity index (χ1n) is 8.81. The topological polar surface area (TPSA) is 64.6 Å². The van der Waals surface area contributed by atoms with Crippen molar-refractivity contribution in [2.24, 2.45) is 0 Å². The molecule has 138 valence electrons. The number of aromatic nitrogens is 2. The predicted molar refractivity (Wildman–Crippen MR) is 106 cm³/mol. The molecule has 0 bridgehead atoms. The third kappa shape index (κ3) is 3.23. The summed E-state index contributed by atoms with van der Waals surface area (Å²) in [4.78, 5) is 14.9. The van der Waals surface area contributed by atoms with Crippen LogP contribution < -0.4 is 9.47 Å². The molecule has 5 rings (SSSR count). The van der Waals surface area contributed by atoms with Gasteiger partial charge in [-0.25, -0.2) is 0 Å². The molecule has 0 spiro atoms. The van der Waals surface area contributed by atoms with Gasteiger partial charge in [-0.1, -0.05) is 6.07 Å². The van der Waals surface area contributed by atoms with E-state index in [4.69, 9.17) is 9.47 Å². The summed E-state index contributed by atoms with van der Waals surface area (Å²) in [6.45, 7) is 1.77. The molecule has 1 fully saturated rings. The summed E-state index contributed by atoms with van der Waals surface area (Å²) in [7, 11) is 0. The molecule has 1 atom stereocenters. The molecule has 0 aliphatic carbocycles. The fourth-order valence-corrected chi connectivity index (χ4v) is 5.19. The van der Waals surface area contributed by atoms with Gasteiger partial charge in [-0.3, -0.25) is 4.79 Å². The van der Waals surface area contributed by atoms with Gasteiger partial charge >= 0.3 is 0 Å². The van der Waals surface area contributed by atoms with E-state index in [1.54, 1.807) is 0 Å². The van der Waals surface area contributed by atoms with Crippen LogP contribution in [0.3, 0.4) is 0 Å². The first kappa shape index (κ1) is 16.8. The summed E-state index contributed by atoms with van der Waals surface area (Å²) < 4.78 is 19.3. The van der Waals surface area contributed by atoms with E-state index in [9.17, 15) is 4.79 Å². The Morgan fingerprint density at radius 3 is 2.89 bits per heavy atom. The van der Waals surface area contributed by atoms with Crippen LogP contribution in [0.4, 0.5) is 0 Å². The Bertz CT molecular complexity index is 1010. The van der Waals surface area contributed by atoms with Gasteiger partial charge in [0.15, 0.2) is 11.5 Å². The summed E-state index contributed by atoms with van der Waals surface area (Å²) in [5.74, 6) is 2.60. The van der Waals surface area contributed by atoms with Crippen LogP contribution >= 0.6 is 23.5 Å². The van der Waals surface area contributed by atoms with E-state index < -0.39 is 0 Å². The molecule has 2 aliphatic heterocycles. The molecule has 0 N–H and O–H groups in total. The van der Waals surface area contributed by atoms with Gasteiger partial charge in [-0.05, 0) is 42.3 Å². The van der Waals surface area contributed by atoms with Crippen LogP contribution in [0.1, 0.15) is 27.6 Å². The number of thioether (sulfide) groups is 1. The minimum atomic E-state index is 0.0665. The van der Waals surface area contributed by atoms with Gasteiger partial charge in [0.05, 0.1) is 11.7 Å². The molecule has 0 saturated carbocycles. The zero-order chi connectivity index (χ0) is 18.2.